The van der Waals surface area contributed by atoms with Crippen molar-refractivity contribution in [3.05, 3.63) is 18.2 Å². The van der Waals surface area contributed by atoms with Crippen molar-refractivity contribution in [2.24, 2.45) is 0 Å². The van der Waals surface area contributed by atoms with Crippen LogP contribution in [0.3, 0.4) is 0 Å². The minimum absolute atomic E-state index is 0.185. The Hall–Kier alpha value is -1.59. The van der Waals surface area contributed by atoms with E-state index in [1.54, 1.807) is 0 Å². The van der Waals surface area contributed by atoms with Gasteiger partial charge in [-0.15, -0.1) is 13.2 Å². The van der Waals surface area contributed by atoms with E-state index in [9.17, 15) is 13.2 Å². The van der Waals surface area contributed by atoms with E-state index in [0.717, 1.165) is 12.1 Å². The highest BCUT2D eigenvalue weighted by Crippen LogP contribution is 2.30. The van der Waals surface area contributed by atoms with E-state index in [2.05, 4.69) is 4.74 Å². The fourth-order valence-corrected chi connectivity index (χ4v) is 0.736. The summed E-state index contributed by atoms with van der Waals surface area (Å²) < 4.78 is 38.6. The van der Waals surface area contributed by atoms with Crippen LogP contribution in [0.2, 0.25) is 0 Å². The Balaban J connectivity index is 2.94. The molecule has 0 amide bonds. The zero-order valence-corrected chi connectivity index (χ0v) is 6.30. The van der Waals surface area contributed by atoms with Gasteiger partial charge in [0.2, 0.25) is 0 Å². The third-order valence-electron chi connectivity index (χ3n) is 1.22. The summed E-state index contributed by atoms with van der Waals surface area (Å²) in [5.74, 6) is -0.944. The van der Waals surface area contributed by atoms with Crippen molar-refractivity contribution in [1.82, 2.24) is 0 Å². The number of ether oxygens (including phenoxy) is 1. The summed E-state index contributed by atoms with van der Waals surface area (Å²) in [6, 6.07) is 3.08. The van der Waals surface area contributed by atoms with Gasteiger partial charge in [0, 0.05) is 6.07 Å². The van der Waals surface area contributed by atoms with Crippen LogP contribution in [0.25, 0.3) is 0 Å². The molecular formula is C7H6F3NO2. The highest BCUT2D eigenvalue weighted by atomic mass is 19.4. The van der Waals surface area contributed by atoms with E-state index in [1.165, 1.54) is 6.07 Å². The lowest BCUT2D eigenvalue weighted by atomic mass is 10.3. The molecule has 0 fully saturated rings. The standard InChI is InChI=1S/C7H6F3NO2/c8-7(9,10)13-6-3-4(12)1-2-5(6)11/h1-3,12H,11H2. The molecule has 0 aliphatic rings. The Morgan fingerprint density at radius 2 is 1.92 bits per heavy atom. The van der Waals surface area contributed by atoms with E-state index >= 15 is 0 Å². The van der Waals surface area contributed by atoms with Crippen LogP contribution < -0.4 is 10.5 Å². The van der Waals surface area contributed by atoms with Crippen LogP contribution in [0.1, 0.15) is 0 Å². The number of nitrogen functional groups attached to an aromatic ring is 1. The number of halogens is 3. The summed E-state index contributed by atoms with van der Waals surface area (Å²) in [6.07, 6.45) is -4.80. The number of phenolic OH excluding ortho intramolecular Hbond substituents is 1. The van der Waals surface area contributed by atoms with Gasteiger partial charge in [-0.1, -0.05) is 0 Å². The van der Waals surface area contributed by atoms with Gasteiger partial charge in [-0.3, -0.25) is 0 Å². The molecule has 0 heterocycles. The summed E-state index contributed by atoms with van der Waals surface area (Å²) in [5, 5.41) is 8.83. The predicted molar refractivity (Wildman–Crippen MR) is 39.2 cm³/mol. The molecule has 1 rings (SSSR count). The molecule has 0 aromatic heterocycles. The summed E-state index contributed by atoms with van der Waals surface area (Å²) in [7, 11) is 0. The van der Waals surface area contributed by atoms with Gasteiger partial charge in [-0.25, -0.2) is 0 Å². The first-order chi connectivity index (χ1) is 5.88. The summed E-state index contributed by atoms with van der Waals surface area (Å²) in [6.45, 7) is 0. The van der Waals surface area contributed by atoms with Gasteiger partial charge < -0.3 is 15.6 Å². The van der Waals surface area contributed by atoms with Crippen LogP contribution in [0.5, 0.6) is 11.5 Å². The number of anilines is 1. The molecular weight excluding hydrogens is 187 g/mol. The van der Waals surface area contributed by atoms with Crippen LogP contribution in [0, 0.1) is 0 Å². The second-order valence-corrected chi connectivity index (χ2v) is 2.27. The highest BCUT2D eigenvalue weighted by molar-refractivity contribution is 5.55. The number of hydrogen-bond acceptors (Lipinski definition) is 3. The fraction of sp³-hybridized carbons (Fsp3) is 0.143. The van der Waals surface area contributed by atoms with Gasteiger partial charge in [0.05, 0.1) is 5.69 Å². The zero-order chi connectivity index (χ0) is 10.1. The van der Waals surface area contributed by atoms with Crippen LogP contribution >= 0.6 is 0 Å². The quantitative estimate of drug-likeness (QED) is 0.528. The van der Waals surface area contributed by atoms with Crippen LogP contribution in [-0.2, 0) is 0 Å². The molecule has 0 unspecified atom stereocenters. The molecule has 72 valence electrons. The van der Waals surface area contributed by atoms with E-state index in [4.69, 9.17) is 10.8 Å². The van der Waals surface area contributed by atoms with Gasteiger partial charge in [-0.05, 0) is 12.1 Å². The molecule has 0 aliphatic carbocycles. The molecule has 0 spiro atoms. The first kappa shape index (κ1) is 9.50. The van der Waals surface area contributed by atoms with Crippen molar-refractivity contribution < 1.29 is 23.0 Å². The molecule has 1 aromatic carbocycles. The Kier molecular flexibility index (Phi) is 2.22. The predicted octanol–water partition coefficient (Wildman–Crippen LogP) is 1.87. The molecule has 6 heteroatoms. The third kappa shape index (κ3) is 2.73. The second-order valence-electron chi connectivity index (χ2n) is 2.27. The SMILES string of the molecule is Nc1ccc(O)cc1OC(F)(F)F. The molecule has 1 aromatic rings. The number of hydrogen-bond donors (Lipinski definition) is 2. The molecule has 0 saturated carbocycles. The number of nitrogens with two attached hydrogens (primary N) is 1. The molecule has 0 aliphatic heterocycles. The van der Waals surface area contributed by atoms with Crippen LogP contribution in [0.15, 0.2) is 18.2 Å². The zero-order valence-electron chi connectivity index (χ0n) is 6.30. The topological polar surface area (TPSA) is 55.5 Å². The molecule has 13 heavy (non-hydrogen) atoms. The van der Waals surface area contributed by atoms with E-state index in [-0.39, 0.29) is 11.4 Å². The number of rotatable bonds is 1. The van der Waals surface area contributed by atoms with Gasteiger partial charge in [0.25, 0.3) is 0 Å². The summed E-state index contributed by atoms with van der Waals surface area (Å²) in [5.41, 5.74) is 4.98. The lowest BCUT2D eigenvalue weighted by Gasteiger charge is -2.10. The maximum Gasteiger partial charge on any atom is 0.573 e. The molecule has 0 radical (unpaired) electrons. The van der Waals surface area contributed by atoms with E-state index in [1.807, 2.05) is 0 Å². The lowest BCUT2D eigenvalue weighted by Crippen LogP contribution is -2.17. The number of aromatic hydroxyl groups is 1. The molecule has 3 N–H and O–H groups in total. The van der Waals surface area contributed by atoms with Gasteiger partial charge >= 0.3 is 6.36 Å². The average Bonchev–Trinajstić information content (AvgIpc) is 1.94. The van der Waals surface area contributed by atoms with E-state index in [0.29, 0.717) is 0 Å². The molecule has 0 atom stereocenters. The largest absolute Gasteiger partial charge is 0.573 e. The first-order valence-corrected chi connectivity index (χ1v) is 3.23. The Morgan fingerprint density at radius 3 is 2.46 bits per heavy atom. The second kappa shape index (κ2) is 3.04. The Morgan fingerprint density at radius 1 is 1.31 bits per heavy atom. The smallest absolute Gasteiger partial charge is 0.508 e. The summed E-state index contributed by atoms with van der Waals surface area (Å²) in [4.78, 5) is 0. The van der Waals surface area contributed by atoms with E-state index < -0.39 is 12.1 Å². The first-order valence-electron chi connectivity index (χ1n) is 3.23. The van der Waals surface area contributed by atoms with Crippen LogP contribution in [0.4, 0.5) is 18.9 Å². The lowest BCUT2D eigenvalue weighted by molar-refractivity contribution is -0.274. The maximum absolute atomic E-state index is 11.7. The van der Waals surface area contributed by atoms with Crippen molar-refractivity contribution in [3.8, 4) is 11.5 Å². The van der Waals surface area contributed by atoms with Crippen molar-refractivity contribution in [2.75, 3.05) is 5.73 Å². The van der Waals surface area contributed by atoms with Crippen molar-refractivity contribution in [1.29, 1.82) is 0 Å². The van der Waals surface area contributed by atoms with Gasteiger partial charge in [0.1, 0.15) is 5.75 Å². The van der Waals surface area contributed by atoms with Crippen molar-refractivity contribution >= 4 is 5.69 Å². The average molecular weight is 193 g/mol. The maximum atomic E-state index is 11.7. The normalized spacial score (nSPS) is 11.3. The third-order valence-corrected chi connectivity index (χ3v) is 1.22. The monoisotopic (exact) mass is 193 g/mol. The summed E-state index contributed by atoms with van der Waals surface area (Å²) >= 11 is 0. The fourth-order valence-electron chi connectivity index (χ4n) is 0.736. The van der Waals surface area contributed by atoms with Gasteiger partial charge in [-0.2, -0.15) is 0 Å². The van der Waals surface area contributed by atoms with Gasteiger partial charge in [0.15, 0.2) is 5.75 Å². The molecule has 3 nitrogen and oxygen atoms in total. The number of benzene rings is 1. The Bertz CT molecular complexity index is 311. The minimum Gasteiger partial charge on any atom is -0.508 e. The number of alkyl halides is 3. The molecule has 0 saturated heterocycles. The Labute approximate surface area is 71.5 Å². The highest BCUT2D eigenvalue weighted by Gasteiger charge is 2.32. The van der Waals surface area contributed by atoms with Crippen molar-refractivity contribution in [2.45, 2.75) is 6.36 Å². The minimum atomic E-state index is -4.80. The van der Waals surface area contributed by atoms with Crippen molar-refractivity contribution in [3.63, 3.8) is 0 Å². The van der Waals surface area contributed by atoms with Crippen LogP contribution in [-0.4, -0.2) is 11.5 Å². The molecule has 0 bridgehead atoms. The number of phenols is 1.